The predicted molar refractivity (Wildman–Crippen MR) is 89.0 cm³/mol. The van der Waals surface area contributed by atoms with Crippen molar-refractivity contribution in [2.75, 3.05) is 0 Å². The van der Waals surface area contributed by atoms with Crippen LogP contribution in [0.15, 0.2) is 48.5 Å². The molecule has 1 aromatic heterocycles. The van der Waals surface area contributed by atoms with Crippen LogP contribution in [-0.4, -0.2) is 5.11 Å². The molecule has 1 nitrogen and oxygen atoms in total. The Morgan fingerprint density at radius 3 is 2.71 bits per heavy atom. The first kappa shape index (κ1) is 13.1. The lowest BCUT2D eigenvalue weighted by Crippen LogP contribution is -1.99. The van der Waals surface area contributed by atoms with Crippen LogP contribution in [0.3, 0.4) is 0 Å². The summed E-state index contributed by atoms with van der Waals surface area (Å²) in [5.41, 5.74) is 2.67. The predicted octanol–water partition coefficient (Wildman–Crippen LogP) is 4.67. The Bertz CT molecular complexity index is 766. The van der Waals surface area contributed by atoms with Gasteiger partial charge in [-0.2, -0.15) is 0 Å². The number of hydrogen-bond acceptors (Lipinski definition) is 2. The summed E-state index contributed by atoms with van der Waals surface area (Å²) >= 11 is 1.80. The largest absolute Gasteiger partial charge is 0.387 e. The van der Waals surface area contributed by atoms with Gasteiger partial charge in [0.2, 0.25) is 0 Å². The van der Waals surface area contributed by atoms with Crippen molar-refractivity contribution in [2.45, 2.75) is 31.8 Å². The summed E-state index contributed by atoms with van der Waals surface area (Å²) < 4.78 is 0. The summed E-state index contributed by atoms with van der Waals surface area (Å²) in [6, 6.07) is 17.1. The lowest BCUT2D eigenvalue weighted by molar-refractivity contribution is 0.182. The van der Waals surface area contributed by atoms with E-state index >= 15 is 0 Å². The summed E-state index contributed by atoms with van der Waals surface area (Å²) in [7, 11) is 0. The average Bonchev–Trinajstić information content (AvgIpc) is 3.08. The molecule has 0 spiro atoms. The van der Waals surface area contributed by atoms with E-state index in [-0.39, 0.29) is 6.10 Å². The molecule has 3 aromatic rings. The van der Waals surface area contributed by atoms with Gasteiger partial charge in [0.1, 0.15) is 0 Å². The second-order valence-corrected chi connectivity index (χ2v) is 7.02. The second-order valence-electron chi connectivity index (χ2n) is 5.85. The van der Waals surface area contributed by atoms with Crippen LogP contribution >= 0.6 is 11.3 Å². The molecular weight excluding hydrogens is 276 g/mol. The summed E-state index contributed by atoms with van der Waals surface area (Å²) in [5, 5.41) is 13.0. The summed E-state index contributed by atoms with van der Waals surface area (Å²) in [4.78, 5) is 2.62. The maximum atomic E-state index is 10.5. The van der Waals surface area contributed by atoms with E-state index in [2.05, 4.69) is 48.5 Å². The van der Waals surface area contributed by atoms with Crippen LogP contribution in [0.2, 0.25) is 0 Å². The van der Waals surface area contributed by atoms with Crippen molar-refractivity contribution in [1.29, 1.82) is 0 Å². The van der Waals surface area contributed by atoms with E-state index < -0.39 is 0 Å². The third kappa shape index (κ3) is 2.50. The molecule has 0 bridgehead atoms. The van der Waals surface area contributed by atoms with Crippen molar-refractivity contribution in [3.05, 3.63) is 69.4 Å². The van der Waals surface area contributed by atoms with Gasteiger partial charge in [-0.1, -0.05) is 42.5 Å². The molecule has 1 unspecified atom stereocenters. The van der Waals surface area contributed by atoms with E-state index in [0.717, 1.165) is 4.88 Å². The van der Waals surface area contributed by atoms with E-state index in [9.17, 15) is 5.11 Å². The Labute approximate surface area is 128 Å². The zero-order valence-corrected chi connectivity index (χ0v) is 12.7. The van der Waals surface area contributed by atoms with E-state index in [0.29, 0.717) is 6.42 Å². The third-order valence-corrected chi connectivity index (χ3v) is 5.68. The van der Waals surface area contributed by atoms with Crippen molar-refractivity contribution in [3.63, 3.8) is 0 Å². The number of rotatable bonds is 3. The van der Waals surface area contributed by atoms with Crippen molar-refractivity contribution in [2.24, 2.45) is 0 Å². The molecule has 21 heavy (non-hydrogen) atoms. The Kier molecular flexibility index (Phi) is 3.28. The van der Waals surface area contributed by atoms with E-state index in [1.807, 2.05) is 0 Å². The highest BCUT2D eigenvalue weighted by Crippen LogP contribution is 2.35. The Morgan fingerprint density at radius 1 is 1.00 bits per heavy atom. The van der Waals surface area contributed by atoms with E-state index in [1.54, 1.807) is 11.3 Å². The van der Waals surface area contributed by atoms with Gasteiger partial charge in [0.05, 0.1) is 6.10 Å². The van der Waals surface area contributed by atoms with Crippen molar-refractivity contribution >= 4 is 22.1 Å². The zero-order valence-electron chi connectivity index (χ0n) is 11.9. The van der Waals surface area contributed by atoms with E-state index in [4.69, 9.17) is 0 Å². The van der Waals surface area contributed by atoms with Gasteiger partial charge in [0, 0.05) is 16.2 Å². The van der Waals surface area contributed by atoms with Gasteiger partial charge < -0.3 is 5.11 Å². The summed E-state index contributed by atoms with van der Waals surface area (Å²) in [6.07, 6.45) is 3.99. The normalized spacial score (nSPS) is 15.3. The number of aliphatic hydroxyl groups excluding tert-OH is 1. The molecule has 1 atom stereocenters. The highest BCUT2D eigenvalue weighted by atomic mass is 32.1. The van der Waals surface area contributed by atoms with Crippen LogP contribution in [0.5, 0.6) is 0 Å². The van der Waals surface area contributed by atoms with Gasteiger partial charge in [-0.15, -0.1) is 11.3 Å². The van der Waals surface area contributed by atoms with Crippen LogP contribution in [0.1, 0.15) is 33.4 Å². The van der Waals surface area contributed by atoms with Gasteiger partial charge in [-0.05, 0) is 47.2 Å². The fourth-order valence-electron chi connectivity index (χ4n) is 3.21. The molecule has 1 aliphatic rings. The van der Waals surface area contributed by atoms with Gasteiger partial charge >= 0.3 is 0 Å². The van der Waals surface area contributed by atoms with Crippen LogP contribution in [0, 0.1) is 0 Å². The molecule has 1 aliphatic carbocycles. The summed E-state index contributed by atoms with van der Waals surface area (Å²) in [6.45, 7) is 0. The molecule has 4 rings (SSSR count). The SMILES string of the molecule is OC(Cc1ccc2ccccc2c1)c1cc2c(s1)CCC2. The zero-order chi connectivity index (χ0) is 14.2. The smallest absolute Gasteiger partial charge is 0.0922 e. The topological polar surface area (TPSA) is 20.2 Å². The molecule has 1 N–H and O–H groups in total. The molecule has 0 aliphatic heterocycles. The standard InChI is InChI=1S/C19H18OS/c20-17(19-12-16-6-3-7-18(16)21-19)11-13-8-9-14-4-1-2-5-15(14)10-13/h1-2,4-5,8-10,12,17,20H,3,6-7,11H2. The first-order valence-corrected chi connectivity index (χ1v) is 8.38. The molecule has 0 saturated heterocycles. The molecule has 2 heteroatoms. The lowest BCUT2D eigenvalue weighted by Gasteiger charge is -2.10. The van der Waals surface area contributed by atoms with Crippen LogP contribution in [0.4, 0.5) is 0 Å². The Hall–Kier alpha value is -1.64. The maximum Gasteiger partial charge on any atom is 0.0922 e. The first-order valence-electron chi connectivity index (χ1n) is 7.57. The highest BCUT2D eigenvalue weighted by Gasteiger charge is 2.19. The molecular formula is C19H18OS. The van der Waals surface area contributed by atoms with Crippen LogP contribution in [0.25, 0.3) is 10.8 Å². The first-order chi connectivity index (χ1) is 10.3. The molecule has 0 amide bonds. The van der Waals surface area contributed by atoms with Gasteiger partial charge in [-0.25, -0.2) is 0 Å². The second kappa shape index (κ2) is 5.28. The molecule has 106 valence electrons. The Morgan fingerprint density at radius 2 is 1.86 bits per heavy atom. The minimum absolute atomic E-state index is 0.373. The number of aliphatic hydroxyl groups is 1. The Balaban J connectivity index is 1.58. The fourth-order valence-corrected chi connectivity index (χ4v) is 4.45. The van der Waals surface area contributed by atoms with Gasteiger partial charge in [0.25, 0.3) is 0 Å². The number of benzene rings is 2. The lowest BCUT2D eigenvalue weighted by atomic mass is 10.0. The molecule has 0 radical (unpaired) electrons. The number of thiophene rings is 1. The number of aryl methyl sites for hydroxylation is 2. The molecule has 1 heterocycles. The molecule has 2 aromatic carbocycles. The summed E-state index contributed by atoms with van der Waals surface area (Å²) in [5.74, 6) is 0. The maximum absolute atomic E-state index is 10.5. The minimum Gasteiger partial charge on any atom is -0.387 e. The number of fused-ring (bicyclic) bond motifs is 2. The fraction of sp³-hybridized carbons (Fsp3) is 0.263. The quantitative estimate of drug-likeness (QED) is 0.744. The van der Waals surface area contributed by atoms with Crippen molar-refractivity contribution < 1.29 is 5.11 Å². The monoisotopic (exact) mass is 294 g/mol. The number of hydrogen-bond donors (Lipinski definition) is 1. The van der Waals surface area contributed by atoms with Crippen LogP contribution in [-0.2, 0) is 19.3 Å². The third-order valence-electron chi connectivity index (χ3n) is 4.34. The average molecular weight is 294 g/mol. The van der Waals surface area contributed by atoms with Crippen LogP contribution < -0.4 is 0 Å². The van der Waals surface area contributed by atoms with Gasteiger partial charge in [0.15, 0.2) is 0 Å². The minimum atomic E-state index is -0.373. The molecule has 0 saturated carbocycles. The van der Waals surface area contributed by atoms with Crippen molar-refractivity contribution in [1.82, 2.24) is 0 Å². The van der Waals surface area contributed by atoms with Crippen molar-refractivity contribution in [3.8, 4) is 0 Å². The highest BCUT2D eigenvalue weighted by molar-refractivity contribution is 7.12. The molecule has 0 fully saturated rings. The van der Waals surface area contributed by atoms with E-state index in [1.165, 1.54) is 46.0 Å². The van der Waals surface area contributed by atoms with Gasteiger partial charge in [-0.3, -0.25) is 0 Å².